The lowest BCUT2D eigenvalue weighted by Gasteiger charge is -2.25. The number of anilines is 2. The molecule has 0 spiro atoms. The fourth-order valence-electron chi connectivity index (χ4n) is 1.42. The SMILES string of the molecule is CN(C)c1ccc(N(C)C(=O)C(F)(F)C(F)(F)F)cc1. The number of alkyl halides is 5. The predicted octanol–water partition coefficient (Wildman–Crippen LogP) is 2.91. The molecule has 112 valence electrons. The molecule has 3 nitrogen and oxygen atoms in total. The van der Waals surface area contributed by atoms with Crippen molar-refractivity contribution in [2.75, 3.05) is 30.9 Å². The van der Waals surface area contributed by atoms with Gasteiger partial charge in [0.05, 0.1) is 0 Å². The zero-order chi connectivity index (χ0) is 15.7. The Kier molecular flexibility index (Phi) is 4.26. The maximum Gasteiger partial charge on any atom is 0.463 e. The summed E-state index contributed by atoms with van der Waals surface area (Å²) >= 11 is 0. The van der Waals surface area contributed by atoms with Crippen LogP contribution in [0, 0.1) is 0 Å². The summed E-state index contributed by atoms with van der Waals surface area (Å²) in [5.74, 6) is -7.73. The van der Waals surface area contributed by atoms with E-state index in [0.717, 1.165) is 12.7 Å². The summed E-state index contributed by atoms with van der Waals surface area (Å²) in [6.45, 7) is 0. The minimum Gasteiger partial charge on any atom is -0.378 e. The van der Waals surface area contributed by atoms with Gasteiger partial charge in [-0.2, -0.15) is 22.0 Å². The van der Waals surface area contributed by atoms with Gasteiger partial charge in [-0.05, 0) is 24.3 Å². The van der Waals surface area contributed by atoms with E-state index in [4.69, 9.17) is 0 Å². The second kappa shape index (κ2) is 5.26. The molecular weight excluding hydrogens is 283 g/mol. The summed E-state index contributed by atoms with van der Waals surface area (Å²) < 4.78 is 62.3. The molecular formula is C12H13F5N2O. The number of nitrogens with zero attached hydrogens (tertiary/aromatic N) is 2. The third-order valence-electron chi connectivity index (χ3n) is 2.68. The predicted molar refractivity (Wildman–Crippen MR) is 65.2 cm³/mol. The van der Waals surface area contributed by atoms with E-state index in [1.165, 1.54) is 24.3 Å². The number of halogens is 5. The molecule has 0 aliphatic carbocycles. The van der Waals surface area contributed by atoms with Crippen LogP contribution in [0.25, 0.3) is 0 Å². The van der Waals surface area contributed by atoms with E-state index in [1.54, 1.807) is 19.0 Å². The first-order chi connectivity index (χ1) is 8.98. The Hall–Kier alpha value is -1.86. The minimum absolute atomic E-state index is 0.0514. The van der Waals surface area contributed by atoms with Crippen LogP contribution in [0.5, 0.6) is 0 Å². The molecule has 0 fully saturated rings. The van der Waals surface area contributed by atoms with Gasteiger partial charge in [-0.25, -0.2) is 0 Å². The van der Waals surface area contributed by atoms with Gasteiger partial charge in [0.1, 0.15) is 0 Å². The molecule has 0 atom stereocenters. The van der Waals surface area contributed by atoms with Crippen LogP contribution < -0.4 is 9.80 Å². The molecule has 0 aromatic heterocycles. The average molecular weight is 296 g/mol. The molecule has 0 saturated carbocycles. The molecule has 0 bridgehead atoms. The van der Waals surface area contributed by atoms with Crippen molar-refractivity contribution in [3.05, 3.63) is 24.3 Å². The van der Waals surface area contributed by atoms with Crippen LogP contribution in [0.3, 0.4) is 0 Å². The fourth-order valence-corrected chi connectivity index (χ4v) is 1.42. The fraction of sp³-hybridized carbons (Fsp3) is 0.417. The summed E-state index contributed by atoms with van der Waals surface area (Å²) in [6.07, 6.45) is -5.91. The first-order valence-corrected chi connectivity index (χ1v) is 5.48. The highest BCUT2D eigenvalue weighted by Crippen LogP contribution is 2.37. The molecule has 1 rings (SSSR count). The largest absolute Gasteiger partial charge is 0.463 e. The van der Waals surface area contributed by atoms with Crippen LogP contribution in [0.1, 0.15) is 0 Å². The first kappa shape index (κ1) is 16.2. The smallest absolute Gasteiger partial charge is 0.378 e. The van der Waals surface area contributed by atoms with E-state index in [0.29, 0.717) is 0 Å². The lowest BCUT2D eigenvalue weighted by molar-refractivity contribution is -0.268. The van der Waals surface area contributed by atoms with Crippen molar-refractivity contribution in [2.24, 2.45) is 0 Å². The zero-order valence-electron chi connectivity index (χ0n) is 11.0. The van der Waals surface area contributed by atoms with Gasteiger partial charge in [0.2, 0.25) is 0 Å². The van der Waals surface area contributed by atoms with Crippen LogP contribution in [0.4, 0.5) is 33.3 Å². The molecule has 1 amide bonds. The van der Waals surface area contributed by atoms with Crippen LogP contribution in [-0.4, -0.2) is 39.1 Å². The van der Waals surface area contributed by atoms with Crippen LogP contribution in [-0.2, 0) is 4.79 Å². The quantitative estimate of drug-likeness (QED) is 0.801. The van der Waals surface area contributed by atoms with Gasteiger partial charge in [-0.15, -0.1) is 0 Å². The Labute approximate surface area is 112 Å². The number of hydrogen-bond acceptors (Lipinski definition) is 2. The lowest BCUT2D eigenvalue weighted by Crippen LogP contribution is -2.51. The molecule has 0 N–H and O–H groups in total. The van der Waals surface area contributed by atoms with Crippen molar-refractivity contribution in [2.45, 2.75) is 12.1 Å². The molecule has 20 heavy (non-hydrogen) atoms. The number of benzene rings is 1. The highest BCUT2D eigenvalue weighted by molar-refractivity contribution is 5.98. The van der Waals surface area contributed by atoms with Gasteiger partial charge in [0.15, 0.2) is 0 Å². The Balaban J connectivity index is 3.00. The van der Waals surface area contributed by atoms with E-state index in [2.05, 4.69) is 0 Å². The molecule has 0 heterocycles. The number of amides is 1. The van der Waals surface area contributed by atoms with E-state index in [9.17, 15) is 26.7 Å². The van der Waals surface area contributed by atoms with Crippen molar-refractivity contribution in [3.8, 4) is 0 Å². The minimum atomic E-state index is -5.91. The van der Waals surface area contributed by atoms with E-state index in [1.807, 2.05) is 0 Å². The van der Waals surface area contributed by atoms with E-state index >= 15 is 0 Å². The zero-order valence-corrected chi connectivity index (χ0v) is 11.0. The topological polar surface area (TPSA) is 23.6 Å². The van der Waals surface area contributed by atoms with Crippen molar-refractivity contribution in [1.29, 1.82) is 0 Å². The highest BCUT2D eigenvalue weighted by Gasteiger charge is 2.64. The standard InChI is InChI=1S/C12H13F5N2O/c1-18(2)8-4-6-9(7-5-8)19(3)10(20)11(13,14)12(15,16)17/h4-7H,1-3H3. The summed E-state index contributed by atoms with van der Waals surface area (Å²) in [5.41, 5.74) is 0.668. The first-order valence-electron chi connectivity index (χ1n) is 5.48. The van der Waals surface area contributed by atoms with Crippen molar-refractivity contribution in [3.63, 3.8) is 0 Å². The Bertz CT molecular complexity index is 482. The van der Waals surface area contributed by atoms with Gasteiger partial charge in [0.25, 0.3) is 0 Å². The maximum atomic E-state index is 12.9. The lowest BCUT2D eigenvalue weighted by atomic mass is 10.2. The van der Waals surface area contributed by atoms with Crippen molar-refractivity contribution >= 4 is 17.3 Å². The third kappa shape index (κ3) is 3.00. The second-order valence-electron chi connectivity index (χ2n) is 4.35. The summed E-state index contributed by atoms with van der Waals surface area (Å²) in [4.78, 5) is 13.3. The normalized spacial score (nSPS) is 12.2. The van der Waals surface area contributed by atoms with Crippen LogP contribution >= 0.6 is 0 Å². The number of carbonyl (C=O) groups excluding carboxylic acids is 1. The van der Waals surface area contributed by atoms with Crippen LogP contribution in [0.2, 0.25) is 0 Å². The van der Waals surface area contributed by atoms with Crippen molar-refractivity contribution in [1.82, 2.24) is 0 Å². The molecule has 0 aliphatic rings. The summed E-state index contributed by atoms with van der Waals surface area (Å²) in [7, 11) is 4.34. The van der Waals surface area contributed by atoms with Crippen molar-refractivity contribution < 1.29 is 26.7 Å². The van der Waals surface area contributed by atoms with Gasteiger partial charge in [0, 0.05) is 32.5 Å². The average Bonchev–Trinajstić information content (AvgIpc) is 2.35. The Morgan fingerprint density at radius 3 is 1.65 bits per heavy atom. The molecule has 1 aromatic carbocycles. The second-order valence-corrected chi connectivity index (χ2v) is 4.35. The molecule has 0 aliphatic heterocycles. The number of hydrogen-bond donors (Lipinski definition) is 0. The van der Waals surface area contributed by atoms with Crippen LogP contribution in [0.15, 0.2) is 24.3 Å². The Morgan fingerprint density at radius 2 is 1.30 bits per heavy atom. The van der Waals surface area contributed by atoms with E-state index < -0.39 is 18.0 Å². The van der Waals surface area contributed by atoms with Gasteiger partial charge in [-0.1, -0.05) is 0 Å². The van der Waals surface area contributed by atoms with Gasteiger partial charge >= 0.3 is 18.0 Å². The molecule has 0 unspecified atom stereocenters. The summed E-state index contributed by atoms with van der Waals surface area (Å²) in [6, 6.07) is 5.59. The summed E-state index contributed by atoms with van der Waals surface area (Å²) in [5, 5.41) is 0. The monoisotopic (exact) mass is 296 g/mol. The van der Waals surface area contributed by atoms with Gasteiger partial charge in [-0.3, -0.25) is 4.79 Å². The molecule has 1 aromatic rings. The molecule has 0 saturated heterocycles. The van der Waals surface area contributed by atoms with E-state index in [-0.39, 0.29) is 10.6 Å². The molecule has 0 radical (unpaired) electrons. The third-order valence-corrected chi connectivity index (χ3v) is 2.68. The van der Waals surface area contributed by atoms with Gasteiger partial charge < -0.3 is 9.80 Å². The maximum absolute atomic E-state index is 12.9. The Morgan fingerprint density at radius 1 is 0.900 bits per heavy atom. The number of carbonyl (C=O) groups is 1. The highest BCUT2D eigenvalue weighted by atomic mass is 19.4. The molecule has 8 heteroatoms. The number of rotatable bonds is 3.